The number of halogens is 1. The van der Waals surface area contributed by atoms with E-state index in [1.54, 1.807) is 62.3 Å². The first kappa shape index (κ1) is 27.0. The van der Waals surface area contributed by atoms with Crippen LogP contribution < -0.4 is 0 Å². The van der Waals surface area contributed by atoms with Crippen LogP contribution in [-0.4, -0.2) is 71.2 Å². The smallest absolute Gasteiger partial charge is 0.236 e. The Morgan fingerprint density at radius 1 is 0.868 bits per heavy atom. The van der Waals surface area contributed by atoms with Gasteiger partial charge < -0.3 is 20.0 Å². The van der Waals surface area contributed by atoms with Crippen LogP contribution in [0.25, 0.3) is 0 Å². The number of piperidine rings is 1. The summed E-state index contributed by atoms with van der Waals surface area (Å²) >= 11 is 0. The SMILES string of the molecule is Cc1c(F)cccc1C1[C@@H](C(=O)c2cccc(O)c2)CN(C(=O)CN(C)C)C[C@@H]1C(=O)c1cccc(O)c1. The number of aromatic hydroxyl groups is 2. The molecular formula is C30H31FN2O5. The molecule has 8 heteroatoms. The predicted molar refractivity (Wildman–Crippen MR) is 141 cm³/mol. The molecule has 4 rings (SSSR count). The third kappa shape index (κ3) is 5.60. The zero-order chi connectivity index (χ0) is 27.6. The van der Waals surface area contributed by atoms with Gasteiger partial charge >= 0.3 is 0 Å². The zero-order valence-electron chi connectivity index (χ0n) is 21.6. The molecule has 7 nitrogen and oxygen atoms in total. The van der Waals surface area contributed by atoms with Gasteiger partial charge in [0.1, 0.15) is 17.3 Å². The molecule has 198 valence electrons. The first-order valence-corrected chi connectivity index (χ1v) is 12.4. The van der Waals surface area contributed by atoms with Crippen molar-refractivity contribution >= 4 is 17.5 Å². The van der Waals surface area contributed by atoms with E-state index in [0.717, 1.165) is 0 Å². The summed E-state index contributed by atoms with van der Waals surface area (Å²) in [6.07, 6.45) is 0. The summed E-state index contributed by atoms with van der Waals surface area (Å²) in [4.78, 5) is 44.4. The van der Waals surface area contributed by atoms with Crippen molar-refractivity contribution < 1.29 is 29.0 Å². The molecule has 0 saturated carbocycles. The van der Waals surface area contributed by atoms with Gasteiger partial charge in [-0.1, -0.05) is 36.4 Å². The third-order valence-electron chi connectivity index (χ3n) is 7.11. The second-order valence-corrected chi connectivity index (χ2v) is 10.1. The molecule has 3 aromatic rings. The molecule has 1 heterocycles. The highest BCUT2D eigenvalue weighted by molar-refractivity contribution is 6.03. The first-order chi connectivity index (χ1) is 18.1. The first-order valence-electron chi connectivity index (χ1n) is 12.4. The Hall–Kier alpha value is -4.04. The number of phenolic OH excluding ortho intramolecular Hbond substituents is 2. The average Bonchev–Trinajstić information content (AvgIpc) is 2.88. The van der Waals surface area contributed by atoms with Gasteiger partial charge in [-0.2, -0.15) is 0 Å². The van der Waals surface area contributed by atoms with Crippen LogP contribution in [0.2, 0.25) is 0 Å². The van der Waals surface area contributed by atoms with Crippen molar-refractivity contribution in [3.05, 3.63) is 94.8 Å². The number of hydrogen-bond donors (Lipinski definition) is 2. The van der Waals surface area contributed by atoms with Crippen LogP contribution in [0.3, 0.4) is 0 Å². The molecule has 0 aromatic heterocycles. The summed E-state index contributed by atoms with van der Waals surface area (Å²) in [5, 5.41) is 20.1. The predicted octanol–water partition coefficient (Wildman–Crippen LogP) is 4.03. The molecule has 1 amide bonds. The van der Waals surface area contributed by atoms with Gasteiger partial charge in [-0.25, -0.2) is 4.39 Å². The monoisotopic (exact) mass is 518 g/mol. The number of carbonyl (C=O) groups excluding carboxylic acids is 3. The molecule has 0 bridgehead atoms. The van der Waals surface area contributed by atoms with Crippen LogP contribution in [0.4, 0.5) is 4.39 Å². The number of amides is 1. The number of rotatable bonds is 7. The largest absolute Gasteiger partial charge is 0.508 e. The second kappa shape index (κ2) is 11.1. The van der Waals surface area contributed by atoms with Gasteiger partial charge in [0, 0.05) is 42.0 Å². The van der Waals surface area contributed by atoms with Crippen LogP contribution in [0.1, 0.15) is 37.8 Å². The van der Waals surface area contributed by atoms with Gasteiger partial charge in [0.25, 0.3) is 0 Å². The second-order valence-electron chi connectivity index (χ2n) is 10.1. The van der Waals surface area contributed by atoms with Crippen molar-refractivity contribution in [3.8, 4) is 11.5 Å². The van der Waals surface area contributed by atoms with Gasteiger partial charge in [0.15, 0.2) is 11.6 Å². The van der Waals surface area contributed by atoms with Crippen molar-refractivity contribution in [3.63, 3.8) is 0 Å². The van der Waals surface area contributed by atoms with Crippen molar-refractivity contribution in [2.45, 2.75) is 12.8 Å². The number of nitrogens with zero attached hydrogens (tertiary/aromatic N) is 2. The van der Waals surface area contributed by atoms with E-state index in [1.165, 1.54) is 35.2 Å². The molecule has 1 aliphatic rings. The number of phenols is 2. The van der Waals surface area contributed by atoms with E-state index >= 15 is 0 Å². The number of ketones is 2. The van der Waals surface area contributed by atoms with E-state index in [1.807, 2.05) is 0 Å². The van der Waals surface area contributed by atoms with E-state index in [4.69, 9.17) is 0 Å². The lowest BCUT2D eigenvalue weighted by atomic mass is 9.67. The lowest BCUT2D eigenvalue weighted by molar-refractivity contribution is -0.134. The third-order valence-corrected chi connectivity index (χ3v) is 7.11. The van der Waals surface area contributed by atoms with E-state index < -0.39 is 23.6 Å². The van der Waals surface area contributed by atoms with Gasteiger partial charge in [0.05, 0.1) is 6.54 Å². The molecule has 1 aliphatic heterocycles. The number of carbonyl (C=O) groups is 3. The normalized spacial score (nSPS) is 18.0. The Labute approximate surface area is 221 Å². The van der Waals surface area contributed by atoms with Crippen LogP contribution in [0.5, 0.6) is 11.5 Å². The summed E-state index contributed by atoms with van der Waals surface area (Å²) in [5.41, 5.74) is 1.31. The van der Waals surface area contributed by atoms with Gasteiger partial charge in [-0.3, -0.25) is 14.4 Å². The summed E-state index contributed by atoms with van der Waals surface area (Å²) in [6.45, 7) is 1.76. The van der Waals surface area contributed by atoms with Gasteiger partial charge in [0.2, 0.25) is 5.91 Å². The van der Waals surface area contributed by atoms with Crippen molar-refractivity contribution in [1.82, 2.24) is 9.80 Å². The average molecular weight is 519 g/mol. The minimum Gasteiger partial charge on any atom is -0.508 e. The van der Waals surface area contributed by atoms with Crippen molar-refractivity contribution in [1.29, 1.82) is 0 Å². The van der Waals surface area contributed by atoms with Crippen LogP contribution in [0.15, 0.2) is 66.7 Å². The van der Waals surface area contributed by atoms with Gasteiger partial charge in [-0.05, 0) is 62.5 Å². The summed E-state index contributed by atoms with van der Waals surface area (Å²) < 4.78 is 14.8. The number of benzene rings is 3. The highest BCUT2D eigenvalue weighted by atomic mass is 19.1. The Morgan fingerprint density at radius 2 is 1.37 bits per heavy atom. The fourth-order valence-electron chi connectivity index (χ4n) is 5.29. The van der Waals surface area contributed by atoms with E-state index in [2.05, 4.69) is 0 Å². The minimum atomic E-state index is -0.886. The zero-order valence-corrected chi connectivity index (χ0v) is 21.6. The molecule has 0 aliphatic carbocycles. The van der Waals surface area contributed by atoms with Gasteiger partial charge in [-0.15, -0.1) is 0 Å². The molecule has 0 spiro atoms. The maximum atomic E-state index is 14.8. The van der Waals surface area contributed by atoms with Crippen LogP contribution in [-0.2, 0) is 4.79 Å². The highest BCUT2D eigenvalue weighted by Crippen LogP contribution is 2.42. The molecule has 1 saturated heterocycles. The molecular weight excluding hydrogens is 487 g/mol. The van der Waals surface area contributed by atoms with Crippen molar-refractivity contribution in [2.24, 2.45) is 11.8 Å². The molecule has 2 atom stereocenters. The minimum absolute atomic E-state index is 0.0333. The lowest BCUT2D eigenvalue weighted by Crippen LogP contribution is -2.54. The van der Waals surface area contributed by atoms with Crippen LogP contribution in [0, 0.1) is 24.6 Å². The summed E-state index contributed by atoms with van der Waals surface area (Å²) in [6, 6.07) is 16.4. The number of likely N-dealkylation sites (tertiary alicyclic amines) is 1. The molecule has 38 heavy (non-hydrogen) atoms. The molecule has 0 unspecified atom stereocenters. The molecule has 1 fully saturated rings. The molecule has 0 radical (unpaired) electrons. The molecule has 2 N–H and O–H groups in total. The fourth-order valence-corrected chi connectivity index (χ4v) is 5.29. The van der Waals surface area contributed by atoms with Crippen molar-refractivity contribution in [2.75, 3.05) is 33.7 Å². The van der Waals surface area contributed by atoms with E-state index in [9.17, 15) is 29.0 Å². The Morgan fingerprint density at radius 3 is 1.84 bits per heavy atom. The maximum absolute atomic E-state index is 14.8. The Bertz CT molecular complexity index is 1300. The number of hydrogen-bond acceptors (Lipinski definition) is 6. The Balaban J connectivity index is 1.89. The topological polar surface area (TPSA) is 98.2 Å². The lowest BCUT2D eigenvalue weighted by Gasteiger charge is -2.43. The number of likely N-dealkylation sites (N-methyl/N-ethyl adjacent to an activating group) is 1. The highest BCUT2D eigenvalue weighted by Gasteiger charge is 2.46. The number of Topliss-reactive ketones (excluding diaryl/α,β-unsaturated/α-hetero) is 2. The summed E-state index contributed by atoms with van der Waals surface area (Å²) in [5.74, 6) is -4.11. The standard InChI is InChI=1S/C30H31FN2O5/c1-18-23(11-6-12-26(18)31)28-24(29(37)19-7-4-9-21(34)13-19)15-33(27(36)17-32(2)3)16-25(28)30(38)20-8-5-10-22(35)14-20/h4-14,24-25,28,34-35H,15-17H2,1-3H3/t24-,25-/m0/s1. The summed E-state index contributed by atoms with van der Waals surface area (Å²) in [7, 11) is 3.51. The molecule has 3 aromatic carbocycles. The quantitative estimate of drug-likeness (QED) is 0.459. The van der Waals surface area contributed by atoms with E-state index in [-0.39, 0.29) is 59.7 Å². The van der Waals surface area contributed by atoms with E-state index in [0.29, 0.717) is 11.1 Å². The van der Waals surface area contributed by atoms with Crippen LogP contribution >= 0.6 is 0 Å². The maximum Gasteiger partial charge on any atom is 0.236 e. The fraction of sp³-hybridized carbons (Fsp3) is 0.300. The Kier molecular flexibility index (Phi) is 7.92.